The summed E-state index contributed by atoms with van der Waals surface area (Å²) in [4.78, 5) is 16.9. The first-order chi connectivity index (χ1) is 10.8. The van der Waals surface area contributed by atoms with Gasteiger partial charge in [-0.25, -0.2) is 14.2 Å². The molecule has 2 aromatic rings. The van der Waals surface area contributed by atoms with Gasteiger partial charge in [0, 0.05) is 11.1 Å². The third-order valence-corrected chi connectivity index (χ3v) is 4.02. The van der Waals surface area contributed by atoms with Gasteiger partial charge in [0.05, 0.1) is 24.8 Å². The van der Waals surface area contributed by atoms with Crippen LogP contribution in [0.2, 0.25) is 0 Å². The number of halogens is 1. The van der Waals surface area contributed by atoms with Crippen molar-refractivity contribution in [2.24, 2.45) is 0 Å². The quantitative estimate of drug-likeness (QED) is 0.847. The van der Waals surface area contributed by atoms with Crippen LogP contribution in [0.3, 0.4) is 0 Å². The number of hydrogen-bond acceptors (Lipinski definition) is 6. The van der Waals surface area contributed by atoms with Crippen molar-refractivity contribution in [2.45, 2.75) is 26.4 Å². The Labute approximate surface area is 137 Å². The van der Waals surface area contributed by atoms with Gasteiger partial charge in [-0.1, -0.05) is 0 Å². The number of ether oxygens (including phenoxy) is 2. The molecule has 23 heavy (non-hydrogen) atoms. The van der Waals surface area contributed by atoms with E-state index in [1.165, 1.54) is 30.6 Å². The predicted molar refractivity (Wildman–Crippen MR) is 85.4 cm³/mol. The highest BCUT2D eigenvalue weighted by Crippen LogP contribution is 2.34. The molecule has 0 atom stereocenters. The Bertz CT molecular complexity index is 727. The van der Waals surface area contributed by atoms with E-state index in [2.05, 4.69) is 9.72 Å². The lowest BCUT2D eigenvalue weighted by molar-refractivity contribution is 0.0407. The highest BCUT2D eigenvalue weighted by atomic mass is 32.1. The maximum Gasteiger partial charge on any atom is 0.341 e. The fourth-order valence-corrected chi connectivity index (χ4v) is 2.68. The van der Waals surface area contributed by atoms with Crippen LogP contribution in [0.5, 0.6) is 5.75 Å². The molecule has 0 saturated heterocycles. The Kier molecular flexibility index (Phi) is 5.01. The number of aliphatic hydroxyl groups excluding tert-OH is 1. The molecule has 124 valence electrons. The second-order valence-corrected chi connectivity index (χ2v) is 6.85. The highest BCUT2D eigenvalue weighted by molar-refractivity contribution is 7.14. The summed E-state index contributed by atoms with van der Waals surface area (Å²) in [5.41, 5.74) is -0.947. The van der Waals surface area contributed by atoms with Gasteiger partial charge in [0.25, 0.3) is 0 Å². The van der Waals surface area contributed by atoms with E-state index < -0.39 is 17.4 Å². The molecule has 0 radical (unpaired) electrons. The zero-order valence-corrected chi connectivity index (χ0v) is 14.2. The molecule has 0 unspecified atom stereocenters. The average Bonchev–Trinajstić information content (AvgIpc) is 2.94. The van der Waals surface area contributed by atoms with Crippen molar-refractivity contribution in [1.82, 2.24) is 4.98 Å². The molecule has 1 aromatic carbocycles. The first-order valence-corrected chi connectivity index (χ1v) is 7.73. The summed E-state index contributed by atoms with van der Waals surface area (Å²) < 4.78 is 24.9. The molecule has 0 aliphatic carbocycles. The maximum absolute atomic E-state index is 14.7. The third-order valence-electron chi connectivity index (χ3n) is 3.08. The Balaban J connectivity index is 2.58. The predicted octanol–water partition coefficient (Wildman–Crippen LogP) is 3.19. The summed E-state index contributed by atoms with van der Waals surface area (Å²) in [6.07, 6.45) is 1.63. The minimum atomic E-state index is -0.874. The minimum Gasteiger partial charge on any atom is -0.485 e. The molecule has 0 aliphatic rings. The zero-order valence-electron chi connectivity index (χ0n) is 13.3. The smallest absolute Gasteiger partial charge is 0.341 e. The monoisotopic (exact) mass is 339 g/mol. The lowest BCUT2D eigenvalue weighted by atomic mass is 10.1. The van der Waals surface area contributed by atoms with Crippen LogP contribution in [-0.2, 0) is 4.74 Å². The van der Waals surface area contributed by atoms with Crippen LogP contribution in [0.15, 0.2) is 18.3 Å². The van der Waals surface area contributed by atoms with Crippen molar-refractivity contribution >= 4 is 17.3 Å². The number of esters is 1. The van der Waals surface area contributed by atoms with E-state index in [1.807, 2.05) is 6.92 Å². The van der Waals surface area contributed by atoms with E-state index in [0.717, 1.165) is 4.88 Å². The Morgan fingerprint density at radius 3 is 2.65 bits per heavy atom. The fraction of sp³-hybridized carbons (Fsp3) is 0.375. The standard InChI is InChI=1S/C16H18FNO4S/c1-9-7-18-14(23-9)11-5-10(22-16(2,3)8-19)6-12(13(11)17)15(20)21-4/h5-7,19H,8H2,1-4H3. The number of carbonyl (C=O) groups is 1. The molecular weight excluding hydrogens is 321 g/mol. The molecule has 0 fully saturated rings. The Morgan fingerprint density at radius 2 is 2.13 bits per heavy atom. The normalized spacial score (nSPS) is 11.4. The van der Waals surface area contributed by atoms with Crippen LogP contribution in [0.25, 0.3) is 10.6 Å². The largest absolute Gasteiger partial charge is 0.485 e. The number of thiazole rings is 1. The van der Waals surface area contributed by atoms with Crippen LogP contribution in [0.1, 0.15) is 29.1 Å². The van der Waals surface area contributed by atoms with Crippen molar-refractivity contribution in [3.63, 3.8) is 0 Å². The minimum absolute atomic E-state index is 0.162. The van der Waals surface area contributed by atoms with E-state index in [-0.39, 0.29) is 23.5 Å². The topological polar surface area (TPSA) is 68.7 Å². The van der Waals surface area contributed by atoms with E-state index in [4.69, 9.17) is 4.74 Å². The summed E-state index contributed by atoms with van der Waals surface area (Å²) in [6.45, 7) is 4.99. The number of rotatable bonds is 5. The van der Waals surface area contributed by atoms with Crippen molar-refractivity contribution in [1.29, 1.82) is 0 Å². The molecule has 0 aliphatic heterocycles. The van der Waals surface area contributed by atoms with Gasteiger partial charge in [-0.05, 0) is 32.9 Å². The van der Waals surface area contributed by atoms with Gasteiger partial charge in [-0.3, -0.25) is 0 Å². The molecule has 0 bridgehead atoms. The number of nitrogens with zero attached hydrogens (tertiary/aromatic N) is 1. The van der Waals surface area contributed by atoms with E-state index >= 15 is 0 Å². The van der Waals surface area contributed by atoms with Crippen molar-refractivity contribution in [3.05, 3.63) is 34.6 Å². The lowest BCUT2D eigenvalue weighted by Gasteiger charge is -2.24. The molecule has 0 saturated carbocycles. The second kappa shape index (κ2) is 6.64. The zero-order chi connectivity index (χ0) is 17.2. The molecule has 1 aromatic heterocycles. The molecule has 7 heteroatoms. The molecule has 0 spiro atoms. The van der Waals surface area contributed by atoms with Gasteiger partial charge >= 0.3 is 5.97 Å². The van der Waals surface area contributed by atoms with Crippen LogP contribution < -0.4 is 4.74 Å². The van der Waals surface area contributed by atoms with Crippen molar-refractivity contribution in [2.75, 3.05) is 13.7 Å². The van der Waals surface area contributed by atoms with Crippen molar-refractivity contribution in [3.8, 4) is 16.3 Å². The van der Waals surface area contributed by atoms with Gasteiger partial charge in [0.1, 0.15) is 22.2 Å². The molecule has 5 nitrogen and oxygen atoms in total. The van der Waals surface area contributed by atoms with Crippen LogP contribution in [0.4, 0.5) is 4.39 Å². The number of aryl methyl sites for hydroxylation is 1. The highest BCUT2D eigenvalue weighted by Gasteiger charge is 2.24. The Hall–Kier alpha value is -1.99. The summed E-state index contributed by atoms with van der Waals surface area (Å²) in [7, 11) is 1.18. The average molecular weight is 339 g/mol. The SMILES string of the molecule is COC(=O)c1cc(OC(C)(C)CO)cc(-c2ncc(C)s2)c1F. The molecule has 2 rings (SSSR count). The van der Waals surface area contributed by atoms with Gasteiger partial charge in [0.15, 0.2) is 0 Å². The third kappa shape index (κ3) is 3.86. The van der Waals surface area contributed by atoms with Gasteiger partial charge < -0.3 is 14.6 Å². The van der Waals surface area contributed by atoms with Crippen molar-refractivity contribution < 1.29 is 23.8 Å². The summed E-state index contributed by atoms with van der Waals surface area (Å²) >= 11 is 1.31. The van der Waals surface area contributed by atoms with Crippen LogP contribution >= 0.6 is 11.3 Å². The molecule has 0 amide bonds. The van der Waals surface area contributed by atoms with Crippen LogP contribution in [-0.4, -0.2) is 35.4 Å². The summed E-state index contributed by atoms with van der Waals surface area (Å²) in [5.74, 6) is -1.25. The molecule has 1 heterocycles. The Morgan fingerprint density at radius 1 is 1.43 bits per heavy atom. The first-order valence-electron chi connectivity index (χ1n) is 6.92. The number of hydrogen-bond donors (Lipinski definition) is 1. The number of aromatic nitrogens is 1. The first kappa shape index (κ1) is 17.4. The van der Waals surface area contributed by atoms with Gasteiger partial charge in [-0.15, -0.1) is 11.3 Å². The number of carbonyl (C=O) groups excluding carboxylic acids is 1. The summed E-state index contributed by atoms with van der Waals surface area (Å²) in [6, 6.07) is 2.74. The molecule has 1 N–H and O–H groups in total. The van der Waals surface area contributed by atoms with Crippen LogP contribution in [0, 0.1) is 12.7 Å². The van der Waals surface area contributed by atoms with Gasteiger partial charge in [-0.2, -0.15) is 0 Å². The number of methoxy groups -OCH3 is 1. The van der Waals surface area contributed by atoms with E-state index in [0.29, 0.717) is 5.01 Å². The summed E-state index contributed by atoms with van der Waals surface area (Å²) in [5, 5.41) is 9.77. The van der Waals surface area contributed by atoms with E-state index in [9.17, 15) is 14.3 Å². The second-order valence-electron chi connectivity index (χ2n) is 5.62. The fourth-order valence-electron chi connectivity index (χ4n) is 1.90. The number of aliphatic hydroxyl groups is 1. The van der Waals surface area contributed by atoms with Gasteiger partial charge in [0.2, 0.25) is 0 Å². The maximum atomic E-state index is 14.7. The lowest BCUT2D eigenvalue weighted by Crippen LogP contribution is -2.32. The number of benzene rings is 1. The van der Waals surface area contributed by atoms with E-state index in [1.54, 1.807) is 20.0 Å². The molecular formula is C16H18FNO4S.